The fraction of sp³-hybridized carbons (Fsp3) is 0.667. The number of carbonyl (C=O) groups is 1. The van der Waals surface area contributed by atoms with E-state index in [9.17, 15) is 4.79 Å². The van der Waals surface area contributed by atoms with Crippen LogP contribution in [0.2, 0.25) is 0 Å². The zero-order valence-corrected chi connectivity index (χ0v) is 15.0. The molecule has 25 heavy (non-hydrogen) atoms. The average Bonchev–Trinajstić information content (AvgIpc) is 3.19. The molecule has 0 aromatic carbocycles. The zero-order valence-electron chi connectivity index (χ0n) is 15.0. The maximum absolute atomic E-state index is 12.6. The number of ether oxygens (including phenoxy) is 3. The van der Waals surface area contributed by atoms with Crippen LogP contribution in [0.15, 0.2) is 18.5 Å². The summed E-state index contributed by atoms with van der Waals surface area (Å²) in [5.74, 6) is 0.800. The lowest BCUT2D eigenvalue weighted by Gasteiger charge is -2.37. The van der Waals surface area contributed by atoms with Gasteiger partial charge in [0.1, 0.15) is 11.9 Å². The van der Waals surface area contributed by atoms with E-state index in [-0.39, 0.29) is 12.0 Å². The highest BCUT2D eigenvalue weighted by atomic mass is 16.5. The Morgan fingerprint density at radius 3 is 2.84 bits per heavy atom. The second kappa shape index (κ2) is 8.49. The standard InChI is InChI=1S/C18H27N3O4/c1-14(25-13-16-4-3-9-24-16)18(22)21-7-5-20(6-8-21)15-10-17(23-2)12-19-11-15/h10-12,14,16H,3-9,13H2,1-2H3. The van der Waals surface area contributed by atoms with Gasteiger partial charge in [-0.1, -0.05) is 0 Å². The van der Waals surface area contributed by atoms with Crippen molar-refractivity contribution in [2.45, 2.75) is 32.0 Å². The van der Waals surface area contributed by atoms with Crippen LogP contribution in [-0.2, 0) is 14.3 Å². The predicted octanol–water partition coefficient (Wildman–Crippen LogP) is 1.32. The van der Waals surface area contributed by atoms with E-state index in [0.29, 0.717) is 19.7 Å². The first kappa shape index (κ1) is 17.9. The minimum Gasteiger partial charge on any atom is -0.495 e. The van der Waals surface area contributed by atoms with Gasteiger partial charge in [0.25, 0.3) is 5.91 Å². The van der Waals surface area contributed by atoms with Crippen molar-refractivity contribution >= 4 is 11.6 Å². The number of anilines is 1. The van der Waals surface area contributed by atoms with Crippen molar-refractivity contribution in [3.63, 3.8) is 0 Å². The van der Waals surface area contributed by atoms with Gasteiger partial charge in [0, 0.05) is 38.9 Å². The number of piperazine rings is 1. The van der Waals surface area contributed by atoms with Crippen molar-refractivity contribution in [3.05, 3.63) is 18.5 Å². The van der Waals surface area contributed by atoms with Crippen LogP contribution in [0.4, 0.5) is 5.69 Å². The van der Waals surface area contributed by atoms with E-state index in [2.05, 4.69) is 9.88 Å². The SMILES string of the molecule is COc1cncc(N2CCN(C(=O)C(C)OCC3CCCO3)CC2)c1. The highest BCUT2D eigenvalue weighted by molar-refractivity contribution is 5.80. The van der Waals surface area contributed by atoms with Crippen molar-refractivity contribution in [1.82, 2.24) is 9.88 Å². The van der Waals surface area contributed by atoms with Crippen molar-refractivity contribution in [1.29, 1.82) is 0 Å². The quantitative estimate of drug-likeness (QED) is 0.772. The van der Waals surface area contributed by atoms with Crippen molar-refractivity contribution in [3.8, 4) is 5.75 Å². The molecule has 138 valence electrons. The number of nitrogens with zero attached hydrogens (tertiary/aromatic N) is 3. The zero-order chi connectivity index (χ0) is 17.6. The van der Waals surface area contributed by atoms with Gasteiger partial charge >= 0.3 is 0 Å². The van der Waals surface area contributed by atoms with Gasteiger partial charge in [0.2, 0.25) is 0 Å². The van der Waals surface area contributed by atoms with Crippen molar-refractivity contribution < 1.29 is 19.0 Å². The molecule has 2 atom stereocenters. The lowest BCUT2D eigenvalue weighted by Crippen LogP contribution is -2.51. The van der Waals surface area contributed by atoms with Gasteiger partial charge in [-0.15, -0.1) is 0 Å². The molecule has 1 aromatic rings. The molecule has 7 nitrogen and oxygen atoms in total. The van der Waals surface area contributed by atoms with Crippen LogP contribution in [-0.4, -0.2) is 74.5 Å². The fourth-order valence-corrected chi connectivity index (χ4v) is 3.23. The summed E-state index contributed by atoms with van der Waals surface area (Å²) in [5, 5.41) is 0. The Morgan fingerprint density at radius 1 is 1.36 bits per heavy atom. The molecule has 2 fully saturated rings. The first-order chi connectivity index (χ1) is 12.2. The highest BCUT2D eigenvalue weighted by Gasteiger charge is 2.27. The lowest BCUT2D eigenvalue weighted by molar-refractivity contribution is -0.144. The van der Waals surface area contributed by atoms with E-state index in [4.69, 9.17) is 14.2 Å². The average molecular weight is 349 g/mol. The molecule has 2 aliphatic heterocycles. The second-order valence-corrected chi connectivity index (χ2v) is 6.51. The Bertz CT molecular complexity index is 569. The number of pyridine rings is 1. The number of amides is 1. The van der Waals surface area contributed by atoms with Gasteiger partial charge in [-0.2, -0.15) is 0 Å². The largest absolute Gasteiger partial charge is 0.495 e. The Labute approximate surface area is 148 Å². The summed E-state index contributed by atoms with van der Waals surface area (Å²) in [6.07, 6.45) is 5.34. The van der Waals surface area contributed by atoms with Gasteiger partial charge in [-0.3, -0.25) is 9.78 Å². The summed E-state index contributed by atoms with van der Waals surface area (Å²) in [5.41, 5.74) is 1.02. The smallest absolute Gasteiger partial charge is 0.251 e. The minimum atomic E-state index is -0.422. The summed E-state index contributed by atoms with van der Waals surface area (Å²) in [4.78, 5) is 20.9. The fourth-order valence-electron chi connectivity index (χ4n) is 3.23. The molecule has 1 aromatic heterocycles. The van der Waals surface area contributed by atoms with Crippen LogP contribution >= 0.6 is 0 Å². The molecule has 1 amide bonds. The molecular formula is C18H27N3O4. The highest BCUT2D eigenvalue weighted by Crippen LogP contribution is 2.21. The Kier molecular flexibility index (Phi) is 6.09. The van der Waals surface area contributed by atoms with Crippen LogP contribution in [0.3, 0.4) is 0 Å². The Hall–Kier alpha value is -1.86. The molecule has 0 N–H and O–H groups in total. The van der Waals surface area contributed by atoms with Crippen molar-refractivity contribution in [2.24, 2.45) is 0 Å². The number of aromatic nitrogens is 1. The van der Waals surface area contributed by atoms with Crippen LogP contribution in [0.1, 0.15) is 19.8 Å². The number of methoxy groups -OCH3 is 1. The number of hydrogen-bond acceptors (Lipinski definition) is 6. The first-order valence-corrected chi connectivity index (χ1v) is 8.93. The predicted molar refractivity (Wildman–Crippen MR) is 94.0 cm³/mol. The molecule has 2 saturated heterocycles. The summed E-state index contributed by atoms with van der Waals surface area (Å²) in [7, 11) is 1.63. The van der Waals surface area contributed by atoms with Gasteiger partial charge in [0.15, 0.2) is 0 Å². The minimum absolute atomic E-state index is 0.0569. The van der Waals surface area contributed by atoms with Gasteiger partial charge < -0.3 is 24.0 Å². The molecule has 3 rings (SSSR count). The third kappa shape index (κ3) is 4.61. The summed E-state index contributed by atoms with van der Waals surface area (Å²) >= 11 is 0. The topological polar surface area (TPSA) is 64.1 Å². The van der Waals surface area contributed by atoms with Gasteiger partial charge in [0.05, 0.1) is 37.9 Å². The van der Waals surface area contributed by atoms with Crippen LogP contribution < -0.4 is 9.64 Å². The van der Waals surface area contributed by atoms with E-state index in [1.165, 1.54) is 0 Å². The van der Waals surface area contributed by atoms with E-state index in [1.54, 1.807) is 13.3 Å². The molecule has 0 saturated carbocycles. The maximum atomic E-state index is 12.6. The summed E-state index contributed by atoms with van der Waals surface area (Å²) in [6.45, 7) is 6.06. The molecule has 7 heteroatoms. The van der Waals surface area contributed by atoms with E-state index in [0.717, 1.165) is 44.0 Å². The number of carbonyl (C=O) groups excluding carboxylic acids is 1. The molecule has 0 bridgehead atoms. The van der Waals surface area contributed by atoms with Crippen molar-refractivity contribution in [2.75, 3.05) is 51.4 Å². The van der Waals surface area contributed by atoms with Crippen LogP contribution in [0.5, 0.6) is 5.75 Å². The maximum Gasteiger partial charge on any atom is 0.251 e. The summed E-state index contributed by atoms with van der Waals surface area (Å²) < 4.78 is 16.5. The van der Waals surface area contributed by atoms with Gasteiger partial charge in [-0.25, -0.2) is 0 Å². The van der Waals surface area contributed by atoms with Gasteiger partial charge in [-0.05, 0) is 19.8 Å². The van der Waals surface area contributed by atoms with Crippen LogP contribution in [0.25, 0.3) is 0 Å². The van der Waals surface area contributed by atoms with E-state index < -0.39 is 6.10 Å². The molecular weight excluding hydrogens is 322 g/mol. The molecule has 0 spiro atoms. The molecule has 2 unspecified atom stereocenters. The number of rotatable bonds is 6. The third-order valence-corrected chi connectivity index (χ3v) is 4.79. The Morgan fingerprint density at radius 2 is 2.16 bits per heavy atom. The normalized spacial score (nSPS) is 22.1. The van der Waals surface area contributed by atoms with E-state index in [1.807, 2.05) is 24.1 Å². The van der Waals surface area contributed by atoms with E-state index >= 15 is 0 Å². The lowest BCUT2D eigenvalue weighted by atomic mass is 10.2. The number of hydrogen-bond donors (Lipinski definition) is 0. The molecule has 0 aliphatic carbocycles. The van der Waals surface area contributed by atoms with Crippen LogP contribution in [0, 0.1) is 0 Å². The first-order valence-electron chi connectivity index (χ1n) is 8.93. The molecule has 2 aliphatic rings. The molecule has 0 radical (unpaired) electrons. The molecule has 3 heterocycles. The Balaban J connectivity index is 1.46. The second-order valence-electron chi connectivity index (χ2n) is 6.51. The monoisotopic (exact) mass is 349 g/mol. The third-order valence-electron chi connectivity index (χ3n) is 4.79. The summed E-state index contributed by atoms with van der Waals surface area (Å²) in [6, 6.07) is 1.97.